The molecule has 17 heavy (non-hydrogen) atoms. The van der Waals surface area contributed by atoms with Crippen LogP contribution in [0.3, 0.4) is 0 Å². The van der Waals surface area contributed by atoms with Gasteiger partial charge in [0.1, 0.15) is 11.6 Å². The fourth-order valence-corrected chi connectivity index (χ4v) is 3.09. The Morgan fingerprint density at radius 2 is 1.76 bits per heavy atom. The Morgan fingerprint density at radius 1 is 1.18 bits per heavy atom. The molecule has 1 aliphatic carbocycles. The molecule has 0 amide bonds. The lowest BCUT2D eigenvalue weighted by Gasteiger charge is -2.17. The second kappa shape index (κ2) is 3.52. The van der Waals surface area contributed by atoms with Gasteiger partial charge < -0.3 is 5.11 Å². The van der Waals surface area contributed by atoms with E-state index in [0.717, 1.165) is 0 Å². The predicted octanol–water partition coefficient (Wildman–Crippen LogP) is 3.18. The lowest BCUT2D eigenvalue weighted by Crippen LogP contribution is -2.13. The van der Waals surface area contributed by atoms with Crippen LogP contribution in [0, 0.1) is 29.9 Å². The number of aliphatic hydroxyl groups excluding tert-OH is 1. The number of hydrogen-bond donors (Lipinski definition) is 1. The van der Waals surface area contributed by atoms with Crippen molar-refractivity contribution in [2.45, 2.75) is 33.1 Å². The molecule has 1 aromatic rings. The molecule has 1 N–H and O–H groups in total. The van der Waals surface area contributed by atoms with Crippen molar-refractivity contribution in [1.82, 2.24) is 0 Å². The lowest BCUT2D eigenvalue weighted by molar-refractivity contribution is 0.253. The van der Waals surface area contributed by atoms with Crippen molar-refractivity contribution in [1.29, 1.82) is 0 Å². The van der Waals surface area contributed by atoms with Crippen molar-refractivity contribution in [3.05, 3.63) is 34.9 Å². The van der Waals surface area contributed by atoms with E-state index in [2.05, 4.69) is 0 Å². The van der Waals surface area contributed by atoms with Crippen molar-refractivity contribution >= 4 is 0 Å². The Morgan fingerprint density at radius 3 is 2.24 bits per heavy atom. The summed E-state index contributed by atoms with van der Waals surface area (Å²) < 4.78 is 27.5. The minimum absolute atomic E-state index is 0.00155. The van der Waals surface area contributed by atoms with Gasteiger partial charge in [-0.2, -0.15) is 0 Å². The molecule has 0 aromatic heterocycles. The summed E-state index contributed by atoms with van der Waals surface area (Å²) >= 11 is 0. The Kier molecular flexibility index (Phi) is 2.58. The molecule has 1 fully saturated rings. The van der Waals surface area contributed by atoms with Gasteiger partial charge in [0.05, 0.1) is 0 Å². The van der Waals surface area contributed by atoms with Gasteiger partial charge in [0.2, 0.25) is 0 Å². The maximum atomic E-state index is 14.0. The van der Waals surface area contributed by atoms with Gasteiger partial charge in [-0.25, -0.2) is 8.78 Å². The molecule has 2 atom stereocenters. The summed E-state index contributed by atoms with van der Waals surface area (Å²) in [5.41, 5.74) is 0.00324. The number of hydrogen-bond acceptors (Lipinski definition) is 1. The molecule has 94 valence electrons. The van der Waals surface area contributed by atoms with Crippen LogP contribution in [-0.4, -0.2) is 11.7 Å². The second-order valence-electron chi connectivity index (χ2n) is 5.74. The van der Waals surface area contributed by atoms with Gasteiger partial charge in [-0.05, 0) is 41.5 Å². The zero-order valence-electron chi connectivity index (χ0n) is 10.6. The summed E-state index contributed by atoms with van der Waals surface area (Å²) in [4.78, 5) is 0. The summed E-state index contributed by atoms with van der Waals surface area (Å²) in [6.07, 6.45) is 0. The van der Waals surface area contributed by atoms with E-state index in [1.807, 2.05) is 20.8 Å². The maximum Gasteiger partial charge on any atom is 0.127 e. The average Bonchev–Trinajstić information content (AvgIpc) is 2.67. The molecule has 3 heteroatoms. The van der Waals surface area contributed by atoms with Gasteiger partial charge in [-0.3, -0.25) is 0 Å². The Hall–Kier alpha value is -0.960. The first kappa shape index (κ1) is 12.5. The minimum atomic E-state index is -0.486. The fourth-order valence-electron chi connectivity index (χ4n) is 3.09. The summed E-state index contributed by atoms with van der Waals surface area (Å²) in [6.45, 7) is 7.39. The SMILES string of the molecule is Cc1cc(F)c(C2(C)C(CO)C2(C)C)cc1F. The van der Waals surface area contributed by atoms with Crippen molar-refractivity contribution in [2.75, 3.05) is 6.61 Å². The average molecular weight is 240 g/mol. The standard InChI is InChI=1S/C14H18F2O/c1-8-5-11(16)9(6-10(8)15)14(4)12(7-17)13(14,2)3/h5-6,12,17H,7H2,1-4H3. The van der Waals surface area contributed by atoms with Gasteiger partial charge >= 0.3 is 0 Å². The molecular weight excluding hydrogens is 222 g/mol. The molecular formula is C14H18F2O. The van der Waals surface area contributed by atoms with Crippen LogP contribution in [0.25, 0.3) is 0 Å². The van der Waals surface area contributed by atoms with Crippen LogP contribution in [0.1, 0.15) is 31.9 Å². The van der Waals surface area contributed by atoms with Crippen LogP contribution in [0.15, 0.2) is 12.1 Å². The van der Waals surface area contributed by atoms with Crippen LogP contribution < -0.4 is 0 Å². The predicted molar refractivity (Wildman–Crippen MR) is 62.8 cm³/mol. The van der Waals surface area contributed by atoms with Crippen molar-refractivity contribution in [2.24, 2.45) is 11.3 Å². The number of halogens is 2. The topological polar surface area (TPSA) is 20.2 Å². The fraction of sp³-hybridized carbons (Fsp3) is 0.571. The normalized spacial score (nSPS) is 30.4. The molecule has 0 spiro atoms. The number of benzene rings is 1. The third-order valence-electron chi connectivity index (χ3n) is 4.81. The van der Waals surface area contributed by atoms with E-state index >= 15 is 0 Å². The first-order valence-corrected chi connectivity index (χ1v) is 5.83. The molecule has 1 nitrogen and oxygen atoms in total. The monoisotopic (exact) mass is 240 g/mol. The van der Waals surface area contributed by atoms with Crippen LogP contribution in [0.2, 0.25) is 0 Å². The molecule has 1 aromatic carbocycles. The van der Waals surface area contributed by atoms with E-state index in [1.54, 1.807) is 6.92 Å². The van der Waals surface area contributed by atoms with Crippen LogP contribution in [0.5, 0.6) is 0 Å². The van der Waals surface area contributed by atoms with E-state index in [1.165, 1.54) is 12.1 Å². The molecule has 1 aliphatic rings. The molecule has 0 radical (unpaired) electrons. The van der Waals surface area contributed by atoms with Gasteiger partial charge in [-0.15, -0.1) is 0 Å². The highest BCUT2D eigenvalue weighted by atomic mass is 19.1. The van der Waals surface area contributed by atoms with Crippen LogP contribution in [0.4, 0.5) is 8.78 Å². The largest absolute Gasteiger partial charge is 0.396 e. The van der Waals surface area contributed by atoms with Gasteiger partial charge in [-0.1, -0.05) is 20.8 Å². The molecule has 0 saturated heterocycles. The smallest absolute Gasteiger partial charge is 0.127 e. The minimum Gasteiger partial charge on any atom is -0.396 e. The van der Waals surface area contributed by atoms with Crippen molar-refractivity contribution in [3.8, 4) is 0 Å². The molecule has 1 saturated carbocycles. The highest BCUT2D eigenvalue weighted by Gasteiger charge is 2.68. The van der Waals surface area contributed by atoms with E-state index in [4.69, 9.17) is 0 Å². The van der Waals surface area contributed by atoms with E-state index in [9.17, 15) is 13.9 Å². The van der Waals surface area contributed by atoms with E-state index < -0.39 is 5.41 Å². The van der Waals surface area contributed by atoms with Gasteiger partial charge in [0, 0.05) is 12.0 Å². The van der Waals surface area contributed by atoms with Crippen LogP contribution in [-0.2, 0) is 5.41 Å². The number of aryl methyl sites for hydroxylation is 1. The molecule has 2 unspecified atom stereocenters. The highest BCUT2D eigenvalue weighted by Crippen LogP contribution is 2.69. The van der Waals surface area contributed by atoms with E-state index in [0.29, 0.717) is 11.1 Å². The zero-order chi connectivity index (χ0) is 13.0. The summed E-state index contributed by atoms with van der Waals surface area (Å²) in [7, 11) is 0. The van der Waals surface area contributed by atoms with E-state index in [-0.39, 0.29) is 29.6 Å². The molecule has 0 heterocycles. The molecule has 0 bridgehead atoms. The summed E-state index contributed by atoms with van der Waals surface area (Å²) in [6, 6.07) is 2.51. The second-order valence-corrected chi connectivity index (χ2v) is 5.74. The summed E-state index contributed by atoms with van der Waals surface area (Å²) in [5, 5.41) is 9.34. The van der Waals surface area contributed by atoms with Crippen molar-refractivity contribution in [3.63, 3.8) is 0 Å². The Labute approximate surface area is 100 Å². The van der Waals surface area contributed by atoms with Gasteiger partial charge in [0.25, 0.3) is 0 Å². The highest BCUT2D eigenvalue weighted by molar-refractivity contribution is 5.41. The third-order valence-corrected chi connectivity index (χ3v) is 4.81. The molecule has 2 rings (SSSR count). The Bertz CT molecular complexity index is 468. The first-order valence-electron chi connectivity index (χ1n) is 5.83. The Balaban J connectivity index is 2.53. The molecule has 0 aliphatic heterocycles. The van der Waals surface area contributed by atoms with Crippen LogP contribution >= 0.6 is 0 Å². The summed E-state index contributed by atoms with van der Waals surface area (Å²) in [5.74, 6) is -0.788. The number of rotatable bonds is 2. The van der Waals surface area contributed by atoms with Crippen molar-refractivity contribution < 1.29 is 13.9 Å². The quantitative estimate of drug-likeness (QED) is 0.841. The lowest BCUT2D eigenvalue weighted by atomic mass is 9.88. The zero-order valence-corrected chi connectivity index (χ0v) is 10.6. The maximum absolute atomic E-state index is 14.0. The first-order chi connectivity index (χ1) is 7.76. The van der Waals surface area contributed by atoms with Gasteiger partial charge in [0.15, 0.2) is 0 Å². The third kappa shape index (κ3) is 1.45. The number of aliphatic hydroxyl groups is 1.